The first-order valence-corrected chi connectivity index (χ1v) is 10.3. The molecule has 0 aromatic carbocycles. The highest BCUT2D eigenvalue weighted by molar-refractivity contribution is 4.79. The second-order valence-corrected chi connectivity index (χ2v) is 8.94. The van der Waals surface area contributed by atoms with E-state index in [-0.39, 0.29) is 0 Å². The van der Waals surface area contributed by atoms with Crippen molar-refractivity contribution in [1.29, 1.82) is 0 Å². The summed E-state index contributed by atoms with van der Waals surface area (Å²) < 4.78 is 0. The van der Waals surface area contributed by atoms with Gasteiger partial charge >= 0.3 is 0 Å². The molecule has 24 heavy (non-hydrogen) atoms. The molecule has 4 heteroatoms. The van der Waals surface area contributed by atoms with Gasteiger partial charge in [-0.25, -0.2) is 0 Å². The Morgan fingerprint density at radius 1 is 0.958 bits per heavy atom. The highest BCUT2D eigenvalue weighted by Crippen LogP contribution is 2.19. The molecule has 0 aliphatic carbocycles. The normalized spacial score (nSPS) is 23.0. The average Bonchev–Trinajstić information content (AvgIpc) is 2.54. The fourth-order valence-electron chi connectivity index (χ4n) is 4.28. The van der Waals surface area contributed by atoms with E-state index >= 15 is 0 Å². The molecule has 0 amide bonds. The van der Waals surface area contributed by atoms with Gasteiger partial charge in [0.25, 0.3) is 0 Å². The van der Waals surface area contributed by atoms with Gasteiger partial charge in [-0.2, -0.15) is 0 Å². The Morgan fingerprint density at radius 3 is 2.12 bits per heavy atom. The van der Waals surface area contributed by atoms with Gasteiger partial charge in [0.1, 0.15) is 0 Å². The zero-order valence-electron chi connectivity index (χ0n) is 16.9. The summed E-state index contributed by atoms with van der Waals surface area (Å²) in [6, 6.07) is 1.44. The van der Waals surface area contributed by atoms with Crippen LogP contribution in [0.25, 0.3) is 0 Å². The topological polar surface area (TPSA) is 21.8 Å². The molecule has 1 N–H and O–H groups in total. The number of hydrogen-bond acceptors (Lipinski definition) is 4. The lowest BCUT2D eigenvalue weighted by Gasteiger charge is -2.37. The summed E-state index contributed by atoms with van der Waals surface area (Å²) in [6.45, 7) is 18.0. The molecule has 0 spiro atoms. The van der Waals surface area contributed by atoms with Crippen LogP contribution in [0.3, 0.4) is 0 Å². The van der Waals surface area contributed by atoms with Gasteiger partial charge in [-0.15, -0.1) is 0 Å². The number of rotatable bonds is 8. The standard InChI is InChI=1S/C20H42N4/c1-17(2)14-23-10-8-20(9-11-23)21-16-22(5)15-19-6-12-24(13-7-19)18(3)4/h17-21H,6-16H2,1-5H3. The zero-order valence-corrected chi connectivity index (χ0v) is 16.9. The van der Waals surface area contributed by atoms with Gasteiger partial charge in [0.15, 0.2) is 0 Å². The van der Waals surface area contributed by atoms with Crippen LogP contribution in [0.1, 0.15) is 53.4 Å². The molecule has 0 aromatic rings. The lowest BCUT2D eigenvalue weighted by molar-refractivity contribution is 0.121. The summed E-state index contributed by atoms with van der Waals surface area (Å²) in [7, 11) is 2.29. The first-order chi connectivity index (χ1) is 11.4. The van der Waals surface area contributed by atoms with Crippen LogP contribution in [0.4, 0.5) is 0 Å². The van der Waals surface area contributed by atoms with Gasteiger partial charge in [-0.3, -0.25) is 4.90 Å². The van der Waals surface area contributed by atoms with Crippen LogP contribution in [-0.2, 0) is 0 Å². The molecule has 2 saturated heterocycles. The zero-order chi connectivity index (χ0) is 17.5. The van der Waals surface area contributed by atoms with Crippen molar-refractivity contribution < 1.29 is 0 Å². The first kappa shape index (κ1) is 20.2. The summed E-state index contributed by atoms with van der Waals surface area (Å²) in [5.74, 6) is 1.68. The number of hydrogen-bond donors (Lipinski definition) is 1. The third-order valence-electron chi connectivity index (χ3n) is 5.81. The Kier molecular flexibility index (Phi) is 8.48. The number of piperidine rings is 2. The predicted octanol–water partition coefficient (Wildman–Crippen LogP) is 2.71. The second-order valence-electron chi connectivity index (χ2n) is 8.94. The second kappa shape index (κ2) is 10.1. The van der Waals surface area contributed by atoms with Gasteiger partial charge in [0.05, 0.1) is 0 Å². The Balaban J connectivity index is 1.56. The van der Waals surface area contributed by atoms with Crippen molar-refractivity contribution >= 4 is 0 Å². The maximum atomic E-state index is 3.80. The maximum absolute atomic E-state index is 3.80. The molecular weight excluding hydrogens is 296 g/mol. The summed E-state index contributed by atoms with van der Waals surface area (Å²) >= 11 is 0. The molecule has 0 atom stereocenters. The highest BCUT2D eigenvalue weighted by Gasteiger charge is 2.23. The van der Waals surface area contributed by atoms with Crippen LogP contribution in [0.2, 0.25) is 0 Å². The third-order valence-corrected chi connectivity index (χ3v) is 5.81. The quantitative estimate of drug-likeness (QED) is 0.687. The average molecular weight is 339 g/mol. The first-order valence-electron chi connectivity index (χ1n) is 10.3. The minimum atomic E-state index is 0.715. The van der Waals surface area contributed by atoms with Crippen molar-refractivity contribution in [2.75, 3.05) is 53.0 Å². The SMILES string of the molecule is CC(C)CN1CCC(NCN(C)CC2CCN(C(C)C)CC2)CC1. The van der Waals surface area contributed by atoms with Gasteiger partial charge < -0.3 is 15.1 Å². The molecule has 2 fully saturated rings. The van der Waals surface area contributed by atoms with Gasteiger partial charge in [0, 0.05) is 31.8 Å². The lowest BCUT2D eigenvalue weighted by Crippen LogP contribution is -2.47. The Hall–Kier alpha value is -0.160. The van der Waals surface area contributed by atoms with Crippen molar-refractivity contribution in [3.8, 4) is 0 Å². The highest BCUT2D eigenvalue weighted by atomic mass is 15.2. The molecule has 2 aliphatic rings. The van der Waals surface area contributed by atoms with Crippen molar-refractivity contribution in [1.82, 2.24) is 20.0 Å². The van der Waals surface area contributed by atoms with Crippen molar-refractivity contribution in [3.63, 3.8) is 0 Å². The van der Waals surface area contributed by atoms with Crippen LogP contribution in [0.15, 0.2) is 0 Å². The van der Waals surface area contributed by atoms with Gasteiger partial charge in [-0.1, -0.05) is 13.8 Å². The molecule has 2 aliphatic heterocycles. The van der Waals surface area contributed by atoms with Crippen LogP contribution >= 0.6 is 0 Å². The summed E-state index contributed by atoms with van der Waals surface area (Å²) in [5.41, 5.74) is 0. The van der Waals surface area contributed by atoms with E-state index in [4.69, 9.17) is 0 Å². The molecule has 4 nitrogen and oxygen atoms in total. The molecule has 0 unspecified atom stereocenters. The number of likely N-dealkylation sites (tertiary alicyclic amines) is 2. The number of nitrogens with one attached hydrogen (secondary N) is 1. The molecule has 2 rings (SSSR count). The van der Waals surface area contributed by atoms with Crippen molar-refractivity contribution in [2.45, 2.75) is 65.5 Å². The molecule has 0 saturated carbocycles. The molecule has 0 bridgehead atoms. The van der Waals surface area contributed by atoms with E-state index in [0.29, 0.717) is 6.04 Å². The Morgan fingerprint density at radius 2 is 1.58 bits per heavy atom. The molecule has 142 valence electrons. The van der Waals surface area contributed by atoms with E-state index in [1.807, 2.05) is 0 Å². The minimum Gasteiger partial charge on any atom is -0.303 e. The van der Waals surface area contributed by atoms with Crippen LogP contribution in [-0.4, -0.2) is 79.8 Å². The minimum absolute atomic E-state index is 0.715. The van der Waals surface area contributed by atoms with E-state index in [1.165, 1.54) is 65.0 Å². The van der Waals surface area contributed by atoms with E-state index in [1.54, 1.807) is 0 Å². The van der Waals surface area contributed by atoms with Crippen molar-refractivity contribution in [3.05, 3.63) is 0 Å². The van der Waals surface area contributed by atoms with E-state index < -0.39 is 0 Å². The van der Waals surface area contributed by atoms with E-state index in [9.17, 15) is 0 Å². The van der Waals surface area contributed by atoms with Crippen LogP contribution < -0.4 is 5.32 Å². The van der Waals surface area contributed by atoms with Crippen LogP contribution in [0, 0.1) is 11.8 Å². The monoisotopic (exact) mass is 338 g/mol. The smallest absolute Gasteiger partial charge is 0.0479 e. The summed E-state index contributed by atoms with van der Waals surface area (Å²) in [5, 5.41) is 3.80. The molecule has 2 heterocycles. The lowest BCUT2D eigenvalue weighted by atomic mass is 9.95. The predicted molar refractivity (Wildman–Crippen MR) is 104 cm³/mol. The molecule has 0 aromatic heterocycles. The van der Waals surface area contributed by atoms with E-state index in [0.717, 1.165) is 24.5 Å². The number of nitrogens with zero attached hydrogens (tertiary/aromatic N) is 3. The Labute approximate surface area is 150 Å². The molecule has 0 radical (unpaired) electrons. The fraction of sp³-hybridized carbons (Fsp3) is 1.00. The fourth-order valence-corrected chi connectivity index (χ4v) is 4.28. The molecular formula is C20H42N4. The Bertz CT molecular complexity index is 329. The van der Waals surface area contributed by atoms with Crippen molar-refractivity contribution in [2.24, 2.45) is 11.8 Å². The van der Waals surface area contributed by atoms with E-state index in [2.05, 4.69) is 54.8 Å². The van der Waals surface area contributed by atoms with Crippen LogP contribution in [0.5, 0.6) is 0 Å². The summed E-state index contributed by atoms with van der Waals surface area (Å²) in [6.07, 6.45) is 5.37. The largest absolute Gasteiger partial charge is 0.303 e. The third kappa shape index (κ3) is 6.99. The van der Waals surface area contributed by atoms with Gasteiger partial charge in [0.2, 0.25) is 0 Å². The maximum Gasteiger partial charge on any atom is 0.0479 e. The summed E-state index contributed by atoms with van der Waals surface area (Å²) in [4.78, 5) is 7.77. The van der Waals surface area contributed by atoms with Gasteiger partial charge in [-0.05, 0) is 84.6 Å².